The average molecular weight is 407 g/mol. The van der Waals surface area contributed by atoms with Gasteiger partial charge < -0.3 is 14.1 Å². The van der Waals surface area contributed by atoms with E-state index in [-0.39, 0.29) is 11.7 Å². The summed E-state index contributed by atoms with van der Waals surface area (Å²) in [5.74, 6) is 0.921. The summed E-state index contributed by atoms with van der Waals surface area (Å²) >= 11 is 7.38. The number of carbonyl (C=O) groups is 1. The molecule has 7 nitrogen and oxygen atoms in total. The van der Waals surface area contributed by atoms with Crippen LogP contribution in [0.3, 0.4) is 0 Å². The van der Waals surface area contributed by atoms with E-state index in [4.69, 9.17) is 20.8 Å². The summed E-state index contributed by atoms with van der Waals surface area (Å²) in [6.45, 7) is 1.34. The molecule has 2 heterocycles. The number of halogens is 1. The highest BCUT2D eigenvalue weighted by Gasteiger charge is 2.17. The molecule has 3 aromatic rings. The van der Waals surface area contributed by atoms with Crippen molar-refractivity contribution < 1.29 is 13.9 Å². The lowest BCUT2D eigenvalue weighted by Crippen LogP contribution is -2.34. The van der Waals surface area contributed by atoms with Gasteiger partial charge in [-0.3, -0.25) is 9.36 Å². The maximum Gasteiger partial charge on any atom is 0.233 e. The number of carbonyl (C=O) groups excluding carboxylic acids is 1. The second-order valence-corrected chi connectivity index (χ2v) is 7.02. The van der Waals surface area contributed by atoms with Crippen molar-refractivity contribution in [3.63, 3.8) is 0 Å². The fourth-order valence-corrected chi connectivity index (χ4v) is 3.44. The molecule has 0 atom stereocenters. The molecule has 0 aliphatic rings. The third-order valence-electron chi connectivity index (χ3n) is 3.77. The highest BCUT2D eigenvalue weighted by molar-refractivity contribution is 7.99. The molecule has 9 heteroatoms. The Morgan fingerprint density at radius 2 is 2.26 bits per heavy atom. The molecular weight excluding hydrogens is 388 g/mol. The molecule has 3 rings (SSSR count). The van der Waals surface area contributed by atoms with Crippen molar-refractivity contribution in [2.24, 2.45) is 0 Å². The third kappa shape index (κ3) is 5.35. The number of rotatable bonds is 9. The molecule has 27 heavy (non-hydrogen) atoms. The third-order valence-corrected chi connectivity index (χ3v) is 4.94. The molecule has 1 amide bonds. The monoisotopic (exact) mass is 406 g/mol. The van der Waals surface area contributed by atoms with Crippen LogP contribution in [0, 0.1) is 0 Å². The summed E-state index contributed by atoms with van der Waals surface area (Å²) in [5.41, 5.74) is 0.842. The van der Waals surface area contributed by atoms with Gasteiger partial charge in [0.05, 0.1) is 30.9 Å². The van der Waals surface area contributed by atoms with Crippen LogP contribution in [0.2, 0.25) is 5.02 Å². The van der Waals surface area contributed by atoms with Crippen molar-refractivity contribution in [1.29, 1.82) is 0 Å². The molecule has 0 saturated carbocycles. The molecule has 0 unspecified atom stereocenters. The highest BCUT2D eigenvalue weighted by atomic mass is 35.5. The van der Waals surface area contributed by atoms with Crippen LogP contribution in [0.4, 0.5) is 0 Å². The largest absolute Gasteiger partial charge is 0.467 e. The summed E-state index contributed by atoms with van der Waals surface area (Å²) in [5, 5.41) is 9.30. The molecule has 0 radical (unpaired) electrons. The van der Waals surface area contributed by atoms with Gasteiger partial charge in [0, 0.05) is 18.7 Å². The van der Waals surface area contributed by atoms with Gasteiger partial charge in [-0.05, 0) is 30.3 Å². The quantitative estimate of drug-likeness (QED) is 0.508. The van der Waals surface area contributed by atoms with Crippen LogP contribution in [-0.2, 0) is 16.1 Å². The molecule has 0 spiro atoms. The van der Waals surface area contributed by atoms with Gasteiger partial charge in [-0.2, -0.15) is 0 Å². The first-order valence-electron chi connectivity index (χ1n) is 8.25. The smallest absolute Gasteiger partial charge is 0.233 e. The summed E-state index contributed by atoms with van der Waals surface area (Å²) in [6.07, 6.45) is 3.19. The number of amides is 1. The number of ether oxygens (including phenoxy) is 1. The normalized spacial score (nSPS) is 10.9. The first-order chi connectivity index (χ1) is 13.2. The zero-order valence-electron chi connectivity index (χ0n) is 14.7. The Morgan fingerprint density at radius 1 is 1.37 bits per heavy atom. The van der Waals surface area contributed by atoms with Crippen molar-refractivity contribution >= 4 is 29.3 Å². The molecule has 0 fully saturated rings. The Balaban J connectivity index is 1.66. The minimum Gasteiger partial charge on any atom is -0.467 e. The van der Waals surface area contributed by atoms with Gasteiger partial charge in [0.2, 0.25) is 5.91 Å². The number of hydrogen-bond donors (Lipinski definition) is 0. The first-order valence-corrected chi connectivity index (χ1v) is 9.61. The van der Waals surface area contributed by atoms with Crippen molar-refractivity contribution in [1.82, 2.24) is 19.7 Å². The van der Waals surface area contributed by atoms with Crippen LogP contribution >= 0.6 is 23.4 Å². The van der Waals surface area contributed by atoms with E-state index in [0.29, 0.717) is 29.9 Å². The van der Waals surface area contributed by atoms with Crippen molar-refractivity contribution in [3.8, 4) is 5.69 Å². The molecule has 0 aliphatic carbocycles. The zero-order chi connectivity index (χ0) is 19.1. The second kappa shape index (κ2) is 9.59. The fourth-order valence-electron chi connectivity index (χ4n) is 2.43. The van der Waals surface area contributed by atoms with Crippen LogP contribution in [-0.4, -0.2) is 51.6 Å². The SMILES string of the molecule is COCCN(Cc1ccco1)C(=O)CSc1nncn1-c1cccc(Cl)c1. The van der Waals surface area contributed by atoms with Crippen LogP contribution in [0.15, 0.2) is 58.6 Å². The molecule has 142 valence electrons. The van der Waals surface area contributed by atoms with Gasteiger partial charge in [0.15, 0.2) is 5.16 Å². The Hall–Kier alpha value is -2.29. The van der Waals surface area contributed by atoms with E-state index in [9.17, 15) is 4.79 Å². The van der Waals surface area contributed by atoms with E-state index in [1.165, 1.54) is 11.8 Å². The minimum absolute atomic E-state index is 0.0332. The van der Waals surface area contributed by atoms with Crippen LogP contribution in [0.1, 0.15) is 5.76 Å². The zero-order valence-corrected chi connectivity index (χ0v) is 16.3. The van der Waals surface area contributed by atoms with E-state index in [0.717, 1.165) is 11.4 Å². The molecule has 0 N–H and O–H groups in total. The molecular formula is C18H19ClN4O3S. The maximum absolute atomic E-state index is 12.7. The van der Waals surface area contributed by atoms with Crippen molar-refractivity contribution in [2.75, 3.05) is 26.0 Å². The van der Waals surface area contributed by atoms with Gasteiger partial charge in [-0.25, -0.2) is 0 Å². The van der Waals surface area contributed by atoms with Crippen LogP contribution in [0.5, 0.6) is 0 Å². The summed E-state index contributed by atoms with van der Waals surface area (Å²) in [6, 6.07) is 11.0. The van der Waals surface area contributed by atoms with E-state index in [1.807, 2.05) is 24.3 Å². The number of nitrogens with zero attached hydrogens (tertiary/aromatic N) is 4. The van der Waals surface area contributed by atoms with Gasteiger partial charge in [-0.15, -0.1) is 10.2 Å². The number of benzene rings is 1. The topological polar surface area (TPSA) is 73.4 Å². The van der Waals surface area contributed by atoms with E-state index in [1.54, 1.807) is 41.3 Å². The summed E-state index contributed by atoms with van der Waals surface area (Å²) in [4.78, 5) is 14.4. The minimum atomic E-state index is -0.0332. The van der Waals surface area contributed by atoms with Gasteiger partial charge >= 0.3 is 0 Å². The van der Waals surface area contributed by atoms with Gasteiger partial charge in [-0.1, -0.05) is 29.4 Å². The molecule has 0 bridgehead atoms. The first kappa shape index (κ1) is 19.5. The fraction of sp³-hybridized carbons (Fsp3) is 0.278. The van der Waals surface area contributed by atoms with E-state index >= 15 is 0 Å². The highest BCUT2D eigenvalue weighted by Crippen LogP contribution is 2.22. The lowest BCUT2D eigenvalue weighted by atomic mass is 10.3. The number of aromatic nitrogens is 3. The second-order valence-electron chi connectivity index (χ2n) is 5.64. The maximum atomic E-state index is 12.7. The summed E-state index contributed by atoms with van der Waals surface area (Å²) < 4.78 is 12.3. The Morgan fingerprint density at radius 3 is 3.00 bits per heavy atom. The Kier molecular flexibility index (Phi) is 6.92. The average Bonchev–Trinajstić information content (AvgIpc) is 3.34. The predicted octanol–water partition coefficient (Wildman–Crippen LogP) is 3.28. The molecule has 1 aromatic carbocycles. The van der Waals surface area contributed by atoms with Gasteiger partial charge in [0.1, 0.15) is 12.1 Å². The number of thioether (sulfide) groups is 1. The lowest BCUT2D eigenvalue weighted by Gasteiger charge is -2.21. The molecule has 0 aliphatic heterocycles. The summed E-state index contributed by atoms with van der Waals surface area (Å²) in [7, 11) is 1.61. The Labute approximate surface area is 166 Å². The van der Waals surface area contributed by atoms with Crippen molar-refractivity contribution in [3.05, 3.63) is 59.8 Å². The van der Waals surface area contributed by atoms with Crippen LogP contribution < -0.4 is 0 Å². The Bertz CT molecular complexity index is 869. The predicted molar refractivity (Wildman–Crippen MR) is 103 cm³/mol. The van der Waals surface area contributed by atoms with Crippen molar-refractivity contribution in [2.45, 2.75) is 11.7 Å². The van der Waals surface area contributed by atoms with E-state index < -0.39 is 0 Å². The number of methoxy groups -OCH3 is 1. The molecule has 0 saturated heterocycles. The standard InChI is InChI=1S/C18H19ClN4O3S/c1-25-9-7-22(11-16-6-3-8-26-16)17(24)12-27-18-21-20-13-23(18)15-5-2-4-14(19)10-15/h2-6,8,10,13H,7,9,11-12H2,1H3. The number of hydrogen-bond acceptors (Lipinski definition) is 6. The van der Waals surface area contributed by atoms with Gasteiger partial charge in [0.25, 0.3) is 0 Å². The van der Waals surface area contributed by atoms with Crippen LogP contribution in [0.25, 0.3) is 5.69 Å². The molecule has 2 aromatic heterocycles. The van der Waals surface area contributed by atoms with E-state index in [2.05, 4.69) is 10.2 Å². The number of furan rings is 1. The lowest BCUT2D eigenvalue weighted by molar-refractivity contribution is -0.129.